The van der Waals surface area contributed by atoms with Crippen LogP contribution in [-0.2, 0) is 9.31 Å². The van der Waals surface area contributed by atoms with Crippen LogP contribution in [0.3, 0.4) is 0 Å². The van der Waals surface area contributed by atoms with E-state index in [1.807, 2.05) is 27.7 Å². The monoisotopic (exact) mass is 377 g/mol. The Morgan fingerprint density at radius 3 is 2.48 bits per heavy atom. The molecule has 150 valence electrons. The second-order valence-electron chi connectivity index (χ2n) is 8.43. The lowest BCUT2D eigenvalue weighted by Crippen LogP contribution is -2.41. The second kappa shape index (κ2) is 8.43. The van der Waals surface area contributed by atoms with E-state index in [-0.39, 0.29) is 17.8 Å². The molecule has 0 aliphatic carbocycles. The molecule has 2 aliphatic rings. The normalized spacial score (nSPS) is 24.9. The first-order valence-corrected chi connectivity index (χ1v) is 9.98. The molecule has 2 aliphatic heterocycles. The average molecular weight is 377 g/mol. The number of piperidine rings is 1. The summed E-state index contributed by atoms with van der Waals surface area (Å²) in [5.41, 5.74) is 0.0306. The Morgan fingerprint density at radius 2 is 1.85 bits per heavy atom. The van der Waals surface area contributed by atoms with Crippen LogP contribution in [0, 0.1) is 0 Å². The predicted octanol–water partition coefficient (Wildman–Crippen LogP) is 1.39. The summed E-state index contributed by atoms with van der Waals surface area (Å²) in [7, 11) is -0.460. The van der Waals surface area contributed by atoms with Gasteiger partial charge in [-0.1, -0.05) is 6.42 Å². The third kappa shape index (κ3) is 4.80. The maximum Gasteiger partial charge on any atom is 0.498 e. The van der Waals surface area contributed by atoms with E-state index in [0.717, 1.165) is 31.4 Å². The van der Waals surface area contributed by atoms with Gasteiger partial charge < -0.3 is 19.2 Å². The number of aliphatic hydroxyl groups excluding tert-OH is 1. The molecule has 0 radical (unpaired) electrons. The van der Waals surface area contributed by atoms with E-state index in [9.17, 15) is 5.11 Å². The van der Waals surface area contributed by atoms with Crippen LogP contribution in [0.15, 0.2) is 12.4 Å². The first-order valence-electron chi connectivity index (χ1n) is 9.98. The molecule has 3 rings (SSSR count). The third-order valence-corrected chi connectivity index (χ3v) is 5.99. The highest BCUT2D eigenvalue weighted by atomic mass is 16.7. The molecule has 1 atom stereocenters. The SMILES string of the molecule is CC1(C)OB(c2cnc(OCC[C@H]3CCCCN3CCO)nc2)OC1(C)C. The first-order chi connectivity index (χ1) is 12.8. The van der Waals surface area contributed by atoms with E-state index >= 15 is 0 Å². The van der Waals surface area contributed by atoms with Crippen molar-refractivity contribution < 1.29 is 19.2 Å². The maximum atomic E-state index is 9.21. The number of rotatable bonds is 7. The van der Waals surface area contributed by atoms with Gasteiger partial charge in [-0.15, -0.1) is 0 Å². The van der Waals surface area contributed by atoms with Crippen molar-refractivity contribution in [1.82, 2.24) is 14.9 Å². The highest BCUT2D eigenvalue weighted by molar-refractivity contribution is 6.61. The van der Waals surface area contributed by atoms with Crippen LogP contribution in [0.1, 0.15) is 53.4 Å². The molecule has 0 amide bonds. The van der Waals surface area contributed by atoms with Crippen molar-refractivity contribution in [3.63, 3.8) is 0 Å². The van der Waals surface area contributed by atoms with Gasteiger partial charge >= 0.3 is 13.1 Å². The molecule has 1 N–H and O–H groups in total. The molecule has 27 heavy (non-hydrogen) atoms. The third-order valence-electron chi connectivity index (χ3n) is 5.99. The number of hydrogen-bond donors (Lipinski definition) is 1. The Bertz CT molecular complexity index is 593. The molecule has 0 spiro atoms. The molecule has 0 bridgehead atoms. The minimum Gasteiger partial charge on any atom is -0.463 e. The van der Waals surface area contributed by atoms with Crippen molar-refractivity contribution in [2.24, 2.45) is 0 Å². The van der Waals surface area contributed by atoms with Gasteiger partial charge in [-0.25, -0.2) is 9.97 Å². The molecule has 7 nitrogen and oxygen atoms in total. The van der Waals surface area contributed by atoms with E-state index in [1.165, 1.54) is 12.8 Å². The smallest absolute Gasteiger partial charge is 0.463 e. The van der Waals surface area contributed by atoms with E-state index in [4.69, 9.17) is 14.0 Å². The topological polar surface area (TPSA) is 76.9 Å². The highest BCUT2D eigenvalue weighted by Gasteiger charge is 2.51. The number of likely N-dealkylation sites (tertiary alicyclic amines) is 1. The lowest BCUT2D eigenvalue weighted by atomic mass is 9.81. The van der Waals surface area contributed by atoms with Crippen molar-refractivity contribution in [3.05, 3.63) is 12.4 Å². The van der Waals surface area contributed by atoms with Gasteiger partial charge in [0.15, 0.2) is 0 Å². The number of ether oxygens (including phenoxy) is 1. The predicted molar refractivity (Wildman–Crippen MR) is 104 cm³/mol. The Morgan fingerprint density at radius 1 is 1.19 bits per heavy atom. The summed E-state index contributed by atoms with van der Waals surface area (Å²) in [6, 6.07) is 0.842. The molecule has 2 fully saturated rings. The van der Waals surface area contributed by atoms with Crippen LogP contribution in [-0.4, -0.2) is 70.6 Å². The van der Waals surface area contributed by atoms with E-state index in [2.05, 4.69) is 14.9 Å². The zero-order valence-corrected chi connectivity index (χ0v) is 17.0. The standard InChI is InChI=1S/C19H32BN3O4/c1-18(2)19(3,4)27-20(26-18)15-13-21-17(22-14-15)25-12-8-16-7-5-6-9-23(16)10-11-24/h13-14,16,24H,5-12H2,1-4H3/t16-/m1/s1. The Hall–Kier alpha value is -1.22. The molecular formula is C19H32BN3O4. The molecule has 2 saturated heterocycles. The number of aromatic nitrogens is 2. The largest absolute Gasteiger partial charge is 0.498 e. The zero-order chi connectivity index (χ0) is 19.5. The molecule has 0 saturated carbocycles. The van der Waals surface area contributed by atoms with Crippen molar-refractivity contribution in [2.45, 2.75) is 70.6 Å². The maximum absolute atomic E-state index is 9.21. The fourth-order valence-electron chi connectivity index (χ4n) is 3.60. The molecular weight excluding hydrogens is 345 g/mol. The van der Waals surface area contributed by atoms with Gasteiger partial charge in [-0.2, -0.15) is 0 Å². The molecule has 1 aromatic rings. The summed E-state index contributed by atoms with van der Waals surface area (Å²) >= 11 is 0. The molecule has 0 aromatic carbocycles. The Balaban J connectivity index is 1.50. The highest BCUT2D eigenvalue weighted by Crippen LogP contribution is 2.36. The summed E-state index contributed by atoms with van der Waals surface area (Å²) in [6.07, 6.45) is 7.95. The van der Waals surface area contributed by atoms with Gasteiger partial charge in [-0.3, -0.25) is 4.90 Å². The van der Waals surface area contributed by atoms with Crippen LogP contribution in [0.5, 0.6) is 6.01 Å². The van der Waals surface area contributed by atoms with Crippen LogP contribution < -0.4 is 10.2 Å². The van der Waals surface area contributed by atoms with E-state index in [0.29, 0.717) is 18.7 Å². The Labute approximate surface area is 162 Å². The second-order valence-corrected chi connectivity index (χ2v) is 8.43. The molecule has 8 heteroatoms. The van der Waals surface area contributed by atoms with Crippen LogP contribution in [0.25, 0.3) is 0 Å². The Kier molecular flexibility index (Phi) is 6.41. The number of β-amino-alcohol motifs (C(OH)–C–C–N with tert-alkyl or cyclic N) is 1. The number of hydrogen-bond acceptors (Lipinski definition) is 7. The van der Waals surface area contributed by atoms with Gasteiger partial charge in [-0.05, 0) is 53.5 Å². The van der Waals surface area contributed by atoms with Crippen molar-refractivity contribution >= 4 is 12.6 Å². The summed E-state index contributed by atoms with van der Waals surface area (Å²) < 4.78 is 17.8. The van der Waals surface area contributed by atoms with Gasteiger partial charge in [0, 0.05) is 30.4 Å². The summed E-state index contributed by atoms with van der Waals surface area (Å²) in [6.45, 7) is 10.7. The zero-order valence-electron chi connectivity index (χ0n) is 17.0. The number of aliphatic hydroxyl groups is 1. The first kappa shape index (κ1) is 20.5. The lowest BCUT2D eigenvalue weighted by Gasteiger charge is -2.35. The van der Waals surface area contributed by atoms with Gasteiger partial charge in [0.2, 0.25) is 0 Å². The summed E-state index contributed by atoms with van der Waals surface area (Å²) in [4.78, 5) is 11.0. The number of nitrogens with zero attached hydrogens (tertiary/aromatic N) is 3. The lowest BCUT2D eigenvalue weighted by molar-refractivity contribution is 0.00578. The molecule has 1 aromatic heterocycles. The summed E-state index contributed by atoms with van der Waals surface area (Å²) in [5, 5.41) is 9.21. The van der Waals surface area contributed by atoms with Crippen LogP contribution >= 0.6 is 0 Å². The van der Waals surface area contributed by atoms with Crippen molar-refractivity contribution in [3.8, 4) is 6.01 Å². The average Bonchev–Trinajstić information content (AvgIpc) is 2.85. The molecule has 0 unspecified atom stereocenters. The van der Waals surface area contributed by atoms with Crippen molar-refractivity contribution in [2.75, 3.05) is 26.3 Å². The van der Waals surface area contributed by atoms with Gasteiger partial charge in [0.1, 0.15) is 0 Å². The summed E-state index contributed by atoms with van der Waals surface area (Å²) in [5.74, 6) is 0. The minimum atomic E-state index is -0.460. The van der Waals surface area contributed by atoms with E-state index in [1.54, 1.807) is 12.4 Å². The minimum absolute atomic E-state index is 0.209. The molecule has 3 heterocycles. The van der Waals surface area contributed by atoms with Crippen molar-refractivity contribution in [1.29, 1.82) is 0 Å². The van der Waals surface area contributed by atoms with Gasteiger partial charge in [0.25, 0.3) is 0 Å². The fourth-order valence-corrected chi connectivity index (χ4v) is 3.60. The fraction of sp³-hybridized carbons (Fsp3) is 0.789. The van der Waals surface area contributed by atoms with E-state index < -0.39 is 7.12 Å². The van der Waals surface area contributed by atoms with Gasteiger partial charge in [0.05, 0.1) is 24.4 Å². The van der Waals surface area contributed by atoms with Crippen LogP contribution in [0.4, 0.5) is 0 Å². The van der Waals surface area contributed by atoms with Crippen LogP contribution in [0.2, 0.25) is 0 Å². The quantitative estimate of drug-likeness (QED) is 0.720.